The Morgan fingerprint density at radius 3 is 2.75 bits per heavy atom. The van der Waals surface area contributed by atoms with E-state index in [9.17, 15) is 0 Å². The van der Waals surface area contributed by atoms with Crippen molar-refractivity contribution in [2.24, 2.45) is 5.73 Å². The largest absolute Gasteiger partial charge is 0.330 e. The van der Waals surface area contributed by atoms with Crippen LogP contribution in [0, 0.1) is 13.8 Å². The Morgan fingerprint density at radius 2 is 2.06 bits per heavy atom. The fraction of sp³-hybridized carbons (Fsp3) is 0.364. The standard InChI is InChI=1S/C11H14N4S/c1-7-3-4-9(8(2)13-7)11-15-14-10(16-11)5-6-12/h3-4H,5-6,12H2,1-2H3. The first-order chi connectivity index (χ1) is 7.70. The third kappa shape index (κ3) is 2.25. The zero-order chi connectivity index (χ0) is 11.5. The second kappa shape index (κ2) is 4.67. The van der Waals surface area contributed by atoms with Crippen LogP contribution in [0.4, 0.5) is 0 Å². The molecule has 2 rings (SSSR count). The SMILES string of the molecule is Cc1ccc(-c2nnc(CCN)s2)c(C)n1. The first-order valence-electron chi connectivity index (χ1n) is 5.18. The lowest BCUT2D eigenvalue weighted by Crippen LogP contribution is -2.01. The molecule has 0 unspecified atom stereocenters. The van der Waals surface area contributed by atoms with Crippen molar-refractivity contribution in [3.8, 4) is 10.6 Å². The predicted molar refractivity (Wildman–Crippen MR) is 65.4 cm³/mol. The maximum absolute atomic E-state index is 5.48. The molecule has 2 aromatic heterocycles. The lowest BCUT2D eigenvalue weighted by molar-refractivity contribution is 0.913. The Kier molecular flexibility index (Phi) is 3.26. The van der Waals surface area contributed by atoms with Crippen LogP contribution in [0.5, 0.6) is 0 Å². The molecule has 16 heavy (non-hydrogen) atoms. The molecule has 2 N–H and O–H groups in total. The van der Waals surface area contributed by atoms with E-state index in [1.54, 1.807) is 11.3 Å². The molecule has 0 radical (unpaired) electrons. The van der Waals surface area contributed by atoms with Crippen LogP contribution >= 0.6 is 11.3 Å². The highest BCUT2D eigenvalue weighted by Crippen LogP contribution is 2.25. The molecule has 0 spiro atoms. The maximum Gasteiger partial charge on any atom is 0.149 e. The molecule has 2 heterocycles. The second-order valence-corrected chi connectivity index (χ2v) is 4.69. The Labute approximate surface area is 98.6 Å². The van der Waals surface area contributed by atoms with Crippen molar-refractivity contribution in [1.82, 2.24) is 15.2 Å². The Bertz CT molecular complexity index is 492. The smallest absolute Gasteiger partial charge is 0.149 e. The molecule has 0 amide bonds. The van der Waals surface area contributed by atoms with Gasteiger partial charge in [0.05, 0.1) is 0 Å². The summed E-state index contributed by atoms with van der Waals surface area (Å²) in [6, 6.07) is 4.04. The fourth-order valence-electron chi connectivity index (χ4n) is 1.50. The molecular formula is C11H14N4S. The number of hydrogen-bond donors (Lipinski definition) is 1. The van der Waals surface area contributed by atoms with E-state index in [4.69, 9.17) is 5.73 Å². The number of pyridine rings is 1. The molecule has 84 valence electrons. The highest BCUT2D eigenvalue weighted by molar-refractivity contribution is 7.14. The number of rotatable bonds is 3. The number of nitrogens with zero attached hydrogens (tertiary/aromatic N) is 3. The van der Waals surface area contributed by atoms with Gasteiger partial charge < -0.3 is 5.73 Å². The van der Waals surface area contributed by atoms with Gasteiger partial charge in [0, 0.05) is 23.4 Å². The first-order valence-corrected chi connectivity index (χ1v) is 5.99. The molecule has 0 fully saturated rings. The van der Waals surface area contributed by atoms with E-state index in [2.05, 4.69) is 15.2 Å². The summed E-state index contributed by atoms with van der Waals surface area (Å²) >= 11 is 1.59. The fourth-order valence-corrected chi connectivity index (χ4v) is 2.43. The Balaban J connectivity index is 2.35. The summed E-state index contributed by atoms with van der Waals surface area (Å²) in [6.45, 7) is 4.59. The summed E-state index contributed by atoms with van der Waals surface area (Å²) in [6.07, 6.45) is 0.788. The molecule has 0 bridgehead atoms. The summed E-state index contributed by atoms with van der Waals surface area (Å²) in [5.41, 5.74) is 8.56. The monoisotopic (exact) mass is 234 g/mol. The van der Waals surface area contributed by atoms with E-state index in [1.807, 2.05) is 26.0 Å². The molecule has 0 atom stereocenters. The Morgan fingerprint density at radius 1 is 1.25 bits per heavy atom. The third-order valence-corrected chi connectivity index (χ3v) is 3.30. The van der Waals surface area contributed by atoms with Crippen molar-refractivity contribution in [1.29, 1.82) is 0 Å². The minimum absolute atomic E-state index is 0.611. The van der Waals surface area contributed by atoms with Gasteiger partial charge in [0.15, 0.2) is 0 Å². The van der Waals surface area contributed by atoms with Crippen molar-refractivity contribution in [2.45, 2.75) is 20.3 Å². The van der Waals surface area contributed by atoms with E-state index in [0.29, 0.717) is 6.54 Å². The van der Waals surface area contributed by atoms with Crippen LogP contribution in [0.3, 0.4) is 0 Å². The zero-order valence-electron chi connectivity index (χ0n) is 9.40. The number of nitrogens with two attached hydrogens (primary N) is 1. The van der Waals surface area contributed by atoms with Crippen molar-refractivity contribution >= 4 is 11.3 Å². The number of aromatic nitrogens is 3. The molecule has 0 saturated heterocycles. The van der Waals surface area contributed by atoms with Gasteiger partial charge in [0.2, 0.25) is 0 Å². The third-order valence-electron chi connectivity index (χ3n) is 2.28. The highest BCUT2D eigenvalue weighted by atomic mass is 32.1. The first kappa shape index (κ1) is 11.2. The van der Waals surface area contributed by atoms with Crippen molar-refractivity contribution in [3.63, 3.8) is 0 Å². The molecule has 5 heteroatoms. The molecule has 0 saturated carbocycles. The van der Waals surface area contributed by atoms with E-state index in [-0.39, 0.29) is 0 Å². The summed E-state index contributed by atoms with van der Waals surface area (Å²) in [5, 5.41) is 10.2. The van der Waals surface area contributed by atoms with Gasteiger partial charge in [-0.25, -0.2) is 0 Å². The molecule has 0 aliphatic heterocycles. The molecular weight excluding hydrogens is 220 g/mol. The van der Waals surface area contributed by atoms with Crippen LogP contribution in [0.2, 0.25) is 0 Å². The van der Waals surface area contributed by atoms with Gasteiger partial charge in [-0.3, -0.25) is 4.98 Å². The second-order valence-electron chi connectivity index (χ2n) is 3.63. The summed E-state index contributed by atoms with van der Waals surface area (Å²) in [7, 11) is 0. The average molecular weight is 234 g/mol. The number of aryl methyl sites for hydroxylation is 2. The normalized spacial score (nSPS) is 10.7. The molecule has 0 aliphatic rings. The maximum atomic E-state index is 5.48. The van der Waals surface area contributed by atoms with Gasteiger partial charge in [-0.05, 0) is 32.5 Å². The summed E-state index contributed by atoms with van der Waals surface area (Å²) in [5.74, 6) is 0. The van der Waals surface area contributed by atoms with Crippen LogP contribution in [0.25, 0.3) is 10.6 Å². The van der Waals surface area contributed by atoms with Crippen LogP contribution in [0.15, 0.2) is 12.1 Å². The topological polar surface area (TPSA) is 64.7 Å². The van der Waals surface area contributed by atoms with Crippen LogP contribution in [-0.4, -0.2) is 21.7 Å². The minimum atomic E-state index is 0.611. The van der Waals surface area contributed by atoms with Gasteiger partial charge in [0.25, 0.3) is 0 Å². The number of hydrogen-bond acceptors (Lipinski definition) is 5. The predicted octanol–water partition coefficient (Wildman–Crippen LogP) is 1.72. The van der Waals surface area contributed by atoms with Gasteiger partial charge in [-0.1, -0.05) is 11.3 Å². The molecule has 0 aliphatic carbocycles. The van der Waals surface area contributed by atoms with Crippen molar-refractivity contribution in [2.75, 3.05) is 6.54 Å². The van der Waals surface area contributed by atoms with E-state index in [0.717, 1.165) is 33.4 Å². The van der Waals surface area contributed by atoms with Gasteiger partial charge in [-0.15, -0.1) is 10.2 Å². The van der Waals surface area contributed by atoms with Crippen molar-refractivity contribution < 1.29 is 0 Å². The zero-order valence-corrected chi connectivity index (χ0v) is 10.2. The summed E-state index contributed by atoms with van der Waals surface area (Å²) < 4.78 is 0. The quantitative estimate of drug-likeness (QED) is 0.878. The molecule has 4 nitrogen and oxygen atoms in total. The summed E-state index contributed by atoms with van der Waals surface area (Å²) in [4.78, 5) is 4.42. The minimum Gasteiger partial charge on any atom is -0.330 e. The van der Waals surface area contributed by atoms with E-state index >= 15 is 0 Å². The van der Waals surface area contributed by atoms with Gasteiger partial charge in [0.1, 0.15) is 10.0 Å². The molecule has 0 aromatic carbocycles. The van der Waals surface area contributed by atoms with E-state index < -0.39 is 0 Å². The van der Waals surface area contributed by atoms with Crippen LogP contribution < -0.4 is 5.73 Å². The Hall–Kier alpha value is -1.33. The highest BCUT2D eigenvalue weighted by Gasteiger charge is 2.09. The van der Waals surface area contributed by atoms with Gasteiger partial charge in [-0.2, -0.15) is 0 Å². The lowest BCUT2D eigenvalue weighted by atomic mass is 10.2. The lowest BCUT2D eigenvalue weighted by Gasteiger charge is -2.01. The van der Waals surface area contributed by atoms with Gasteiger partial charge >= 0.3 is 0 Å². The van der Waals surface area contributed by atoms with Crippen LogP contribution in [-0.2, 0) is 6.42 Å². The van der Waals surface area contributed by atoms with Crippen molar-refractivity contribution in [3.05, 3.63) is 28.5 Å². The van der Waals surface area contributed by atoms with E-state index in [1.165, 1.54) is 0 Å². The average Bonchev–Trinajstić information content (AvgIpc) is 2.67. The van der Waals surface area contributed by atoms with Crippen LogP contribution in [0.1, 0.15) is 16.4 Å². The molecule has 2 aromatic rings.